The van der Waals surface area contributed by atoms with Gasteiger partial charge in [0, 0.05) is 18.3 Å². The summed E-state index contributed by atoms with van der Waals surface area (Å²) in [5, 5.41) is 9.75. The summed E-state index contributed by atoms with van der Waals surface area (Å²) in [6.45, 7) is 5.17. The molecule has 0 spiro atoms. The van der Waals surface area contributed by atoms with Gasteiger partial charge in [-0.05, 0) is 50.2 Å². The van der Waals surface area contributed by atoms with Crippen molar-refractivity contribution in [3.05, 3.63) is 41.4 Å². The van der Waals surface area contributed by atoms with Crippen molar-refractivity contribution in [1.29, 1.82) is 0 Å². The second kappa shape index (κ2) is 8.26. The van der Waals surface area contributed by atoms with Crippen molar-refractivity contribution in [2.75, 3.05) is 23.1 Å². The maximum Gasteiger partial charge on any atom is 0.246 e. The summed E-state index contributed by atoms with van der Waals surface area (Å²) in [4.78, 5) is 28.4. The largest absolute Gasteiger partial charge is 0.495 e. The molecule has 8 heteroatoms. The van der Waals surface area contributed by atoms with Crippen LogP contribution in [0.5, 0.6) is 5.75 Å². The highest BCUT2D eigenvalue weighted by molar-refractivity contribution is 7.18. The summed E-state index contributed by atoms with van der Waals surface area (Å²) in [6, 6.07) is 10.4. The lowest BCUT2D eigenvalue weighted by atomic mass is 10.2. The number of hydrogen-bond acceptors (Lipinski definition) is 6. The average Bonchev–Trinajstić information content (AvgIpc) is 3.00. The van der Waals surface area contributed by atoms with Crippen molar-refractivity contribution in [3.63, 3.8) is 0 Å². The van der Waals surface area contributed by atoms with E-state index in [1.54, 1.807) is 36.5 Å². The lowest BCUT2D eigenvalue weighted by Gasteiger charge is -2.17. The molecule has 1 atom stereocenters. The van der Waals surface area contributed by atoms with Crippen LogP contribution in [0.15, 0.2) is 36.4 Å². The Morgan fingerprint density at radius 2 is 1.86 bits per heavy atom. The van der Waals surface area contributed by atoms with E-state index < -0.39 is 6.04 Å². The van der Waals surface area contributed by atoms with Crippen molar-refractivity contribution in [3.8, 4) is 5.75 Å². The Kier molecular flexibility index (Phi) is 5.79. The van der Waals surface area contributed by atoms with Gasteiger partial charge in [0.25, 0.3) is 0 Å². The Morgan fingerprint density at radius 1 is 1.11 bits per heavy atom. The number of methoxy groups -OCH3 is 1. The minimum Gasteiger partial charge on any atom is -0.495 e. The molecule has 3 rings (SSSR count). The third-order valence-electron chi connectivity index (χ3n) is 4.05. The number of carbonyl (C=O) groups is 2. The number of aromatic nitrogens is 1. The zero-order valence-electron chi connectivity index (χ0n) is 16.1. The number of aryl methyl sites for hydroxylation is 1. The number of thiazole rings is 1. The second-order valence-electron chi connectivity index (χ2n) is 6.37. The summed E-state index contributed by atoms with van der Waals surface area (Å²) in [5.74, 6) is 0.0984. The highest BCUT2D eigenvalue weighted by atomic mass is 32.1. The molecule has 0 saturated heterocycles. The normalized spacial score (nSPS) is 11.7. The van der Waals surface area contributed by atoms with Gasteiger partial charge in [0.15, 0.2) is 0 Å². The van der Waals surface area contributed by atoms with Crippen LogP contribution in [0.3, 0.4) is 0 Å². The van der Waals surface area contributed by atoms with Gasteiger partial charge in [-0.3, -0.25) is 9.59 Å². The van der Waals surface area contributed by atoms with E-state index in [4.69, 9.17) is 4.74 Å². The molecule has 0 aliphatic rings. The molecular weight excluding hydrogens is 376 g/mol. The SMILES string of the molecule is COc1ccc(NC(C)=O)cc1NC(=O)[C@H](C)Nc1ccc2nc(C)sc2c1. The van der Waals surface area contributed by atoms with Crippen LogP contribution >= 0.6 is 11.3 Å². The van der Waals surface area contributed by atoms with Gasteiger partial charge in [0.1, 0.15) is 11.8 Å². The van der Waals surface area contributed by atoms with Crippen molar-refractivity contribution < 1.29 is 14.3 Å². The summed E-state index contributed by atoms with van der Waals surface area (Å²) in [6.07, 6.45) is 0. The Labute approximate surface area is 167 Å². The van der Waals surface area contributed by atoms with E-state index in [1.807, 2.05) is 25.1 Å². The quantitative estimate of drug-likeness (QED) is 0.583. The first-order valence-electron chi connectivity index (χ1n) is 8.76. The minimum absolute atomic E-state index is 0.189. The van der Waals surface area contributed by atoms with Crippen molar-refractivity contribution >= 4 is 50.4 Å². The lowest BCUT2D eigenvalue weighted by Crippen LogP contribution is -2.32. The molecule has 0 fully saturated rings. The standard InChI is InChI=1S/C20H22N4O3S/c1-11(21-15-5-7-16-19(10-15)28-13(3)23-16)20(26)24-17-9-14(22-12(2)25)6-8-18(17)27-4/h5-11,21H,1-4H3,(H,22,25)(H,24,26)/t11-/m0/s1. The van der Waals surface area contributed by atoms with Gasteiger partial charge in [-0.25, -0.2) is 4.98 Å². The fourth-order valence-electron chi connectivity index (χ4n) is 2.77. The number of nitrogens with one attached hydrogen (secondary N) is 3. The molecular formula is C20H22N4O3S. The van der Waals surface area contributed by atoms with Crippen LogP contribution in [0.1, 0.15) is 18.9 Å². The number of amides is 2. The first-order chi connectivity index (χ1) is 13.4. The van der Waals surface area contributed by atoms with Gasteiger partial charge in [0.05, 0.1) is 28.0 Å². The van der Waals surface area contributed by atoms with Gasteiger partial charge in [-0.2, -0.15) is 0 Å². The van der Waals surface area contributed by atoms with Gasteiger partial charge in [0.2, 0.25) is 11.8 Å². The van der Waals surface area contributed by atoms with Gasteiger partial charge in [-0.1, -0.05) is 0 Å². The molecule has 1 aromatic heterocycles. The highest BCUT2D eigenvalue weighted by Gasteiger charge is 2.16. The monoisotopic (exact) mass is 398 g/mol. The number of anilines is 3. The zero-order valence-corrected chi connectivity index (χ0v) is 16.9. The highest BCUT2D eigenvalue weighted by Crippen LogP contribution is 2.29. The van der Waals surface area contributed by atoms with Crippen molar-refractivity contribution in [1.82, 2.24) is 4.98 Å². The van der Waals surface area contributed by atoms with Crippen LogP contribution in [-0.2, 0) is 9.59 Å². The molecule has 0 saturated carbocycles. The van der Waals surface area contributed by atoms with E-state index in [-0.39, 0.29) is 11.8 Å². The zero-order chi connectivity index (χ0) is 20.3. The molecule has 0 aliphatic heterocycles. The van der Waals surface area contributed by atoms with Crippen LogP contribution < -0.4 is 20.7 Å². The van der Waals surface area contributed by atoms with Crippen molar-refractivity contribution in [2.45, 2.75) is 26.8 Å². The molecule has 1 heterocycles. The van der Waals surface area contributed by atoms with Gasteiger partial charge >= 0.3 is 0 Å². The Balaban J connectivity index is 1.73. The number of carbonyl (C=O) groups excluding carboxylic acids is 2. The molecule has 2 amide bonds. The van der Waals surface area contributed by atoms with E-state index in [0.29, 0.717) is 17.1 Å². The minimum atomic E-state index is -0.486. The number of nitrogens with zero attached hydrogens (tertiary/aromatic N) is 1. The van der Waals surface area contributed by atoms with Gasteiger partial charge < -0.3 is 20.7 Å². The molecule has 0 aliphatic carbocycles. The number of hydrogen-bond donors (Lipinski definition) is 3. The third kappa shape index (κ3) is 4.58. The molecule has 146 valence electrons. The van der Waals surface area contributed by atoms with E-state index >= 15 is 0 Å². The lowest BCUT2D eigenvalue weighted by molar-refractivity contribution is -0.116. The van der Waals surface area contributed by atoms with Crippen LogP contribution in [0, 0.1) is 6.92 Å². The maximum absolute atomic E-state index is 12.7. The molecule has 2 aromatic carbocycles. The number of fused-ring (bicyclic) bond motifs is 1. The fraction of sp³-hybridized carbons (Fsp3) is 0.250. The predicted molar refractivity (Wildman–Crippen MR) is 113 cm³/mol. The summed E-state index contributed by atoms with van der Waals surface area (Å²) < 4.78 is 6.37. The van der Waals surface area contributed by atoms with Crippen molar-refractivity contribution in [2.24, 2.45) is 0 Å². The molecule has 3 aromatic rings. The van der Waals surface area contributed by atoms with Gasteiger partial charge in [-0.15, -0.1) is 11.3 Å². The fourth-order valence-corrected chi connectivity index (χ4v) is 3.64. The average molecular weight is 398 g/mol. The summed E-state index contributed by atoms with van der Waals surface area (Å²) in [5.41, 5.74) is 2.86. The van der Waals surface area contributed by atoms with Crippen LogP contribution in [0.2, 0.25) is 0 Å². The first-order valence-corrected chi connectivity index (χ1v) is 9.57. The third-order valence-corrected chi connectivity index (χ3v) is 4.98. The molecule has 7 nitrogen and oxygen atoms in total. The number of benzene rings is 2. The predicted octanol–water partition coefficient (Wildman–Crippen LogP) is 4.01. The molecule has 3 N–H and O–H groups in total. The molecule has 0 unspecified atom stereocenters. The Morgan fingerprint density at radius 3 is 2.57 bits per heavy atom. The first kappa shape index (κ1) is 19.6. The molecule has 0 radical (unpaired) electrons. The summed E-state index contributed by atoms with van der Waals surface area (Å²) in [7, 11) is 1.52. The van der Waals surface area contributed by atoms with Crippen LogP contribution in [0.4, 0.5) is 17.1 Å². The maximum atomic E-state index is 12.7. The second-order valence-corrected chi connectivity index (χ2v) is 7.60. The Bertz CT molecular complexity index is 1030. The molecule has 28 heavy (non-hydrogen) atoms. The molecule has 0 bridgehead atoms. The number of ether oxygens (including phenoxy) is 1. The topological polar surface area (TPSA) is 92.4 Å². The Hall–Kier alpha value is -3.13. The van der Waals surface area contributed by atoms with E-state index in [9.17, 15) is 9.59 Å². The van der Waals surface area contributed by atoms with Crippen LogP contribution in [0.25, 0.3) is 10.2 Å². The number of rotatable bonds is 6. The summed E-state index contributed by atoms with van der Waals surface area (Å²) >= 11 is 1.61. The van der Waals surface area contributed by atoms with E-state index in [0.717, 1.165) is 20.9 Å². The smallest absolute Gasteiger partial charge is 0.246 e. The van der Waals surface area contributed by atoms with E-state index in [1.165, 1.54) is 14.0 Å². The van der Waals surface area contributed by atoms with E-state index in [2.05, 4.69) is 20.9 Å². The van der Waals surface area contributed by atoms with Crippen LogP contribution in [-0.4, -0.2) is 29.9 Å².